The fourth-order valence-corrected chi connectivity index (χ4v) is 2.00. The molecular formula is C10H19NO. The van der Waals surface area contributed by atoms with Crippen LogP contribution in [0.25, 0.3) is 0 Å². The summed E-state index contributed by atoms with van der Waals surface area (Å²) in [5.41, 5.74) is 5.41. The van der Waals surface area contributed by atoms with Crippen molar-refractivity contribution in [2.45, 2.75) is 39.0 Å². The van der Waals surface area contributed by atoms with Crippen molar-refractivity contribution in [1.82, 2.24) is 0 Å². The maximum absolute atomic E-state index is 11.7. The molecule has 2 heteroatoms. The Morgan fingerprint density at radius 3 is 2.58 bits per heavy atom. The van der Waals surface area contributed by atoms with Gasteiger partial charge in [0.25, 0.3) is 0 Å². The van der Waals surface area contributed by atoms with Crippen molar-refractivity contribution in [3.05, 3.63) is 0 Å². The van der Waals surface area contributed by atoms with E-state index in [9.17, 15) is 4.79 Å². The summed E-state index contributed by atoms with van der Waals surface area (Å²) in [6.07, 6.45) is 5.58. The summed E-state index contributed by atoms with van der Waals surface area (Å²) < 4.78 is 0. The fraction of sp³-hybridized carbons (Fsp3) is 0.900. The molecule has 0 spiro atoms. The first-order valence-corrected chi connectivity index (χ1v) is 4.99. The average molecular weight is 169 g/mol. The first kappa shape index (κ1) is 9.72. The van der Waals surface area contributed by atoms with Crippen molar-refractivity contribution < 1.29 is 4.79 Å². The summed E-state index contributed by atoms with van der Waals surface area (Å²) in [5.74, 6) is 1.02. The molecule has 1 unspecified atom stereocenters. The Hall–Kier alpha value is -0.370. The number of ketones is 1. The third-order valence-electron chi connectivity index (χ3n) is 2.84. The van der Waals surface area contributed by atoms with E-state index in [1.807, 2.05) is 6.92 Å². The molecule has 0 heterocycles. The summed E-state index contributed by atoms with van der Waals surface area (Å²) in [6, 6.07) is 0. The van der Waals surface area contributed by atoms with Crippen molar-refractivity contribution >= 4 is 5.78 Å². The summed E-state index contributed by atoms with van der Waals surface area (Å²) in [4.78, 5) is 11.7. The maximum atomic E-state index is 11.7. The molecule has 0 aromatic carbocycles. The highest BCUT2D eigenvalue weighted by molar-refractivity contribution is 5.83. The van der Waals surface area contributed by atoms with Gasteiger partial charge in [0.1, 0.15) is 5.78 Å². The third-order valence-corrected chi connectivity index (χ3v) is 2.84. The normalized spacial score (nSPS) is 21.2. The molecule has 2 nitrogen and oxygen atoms in total. The quantitative estimate of drug-likeness (QED) is 0.696. The molecule has 12 heavy (non-hydrogen) atoms. The van der Waals surface area contributed by atoms with E-state index >= 15 is 0 Å². The molecule has 1 fully saturated rings. The highest BCUT2D eigenvalue weighted by Gasteiger charge is 2.25. The summed E-state index contributed by atoms with van der Waals surface area (Å²) in [7, 11) is 0. The average Bonchev–Trinajstić information content (AvgIpc) is 2.55. The lowest BCUT2D eigenvalue weighted by Gasteiger charge is -2.13. The Kier molecular flexibility index (Phi) is 3.73. The topological polar surface area (TPSA) is 43.1 Å². The molecule has 0 amide bonds. The SMILES string of the molecule is CC(CCN)C(=O)C1CCCC1. The number of nitrogens with two attached hydrogens (primary N) is 1. The van der Waals surface area contributed by atoms with Crippen molar-refractivity contribution in [2.75, 3.05) is 6.54 Å². The number of hydrogen-bond donors (Lipinski definition) is 1. The molecule has 1 aliphatic carbocycles. The minimum atomic E-state index is 0.193. The smallest absolute Gasteiger partial charge is 0.138 e. The largest absolute Gasteiger partial charge is 0.330 e. The molecule has 0 bridgehead atoms. The standard InChI is InChI=1S/C10H19NO/c1-8(6-7-11)10(12)9-4-2-3-5-9/h8-9H,2-7,11H2,1H3. The lowest BCUT2D eigenvalue weighted by Crippen LogP contribution is -2.21. The molecular weight excluding hydrogens is 150 g/mol. The summed E-state index contributed by atoms with van der Waals surface area (Å²) in [6.45, 7) is 2.65. The van der Waals surface area contributed by atoms with Crippen LogP contribution < -0.4 is 5.73 Å². The first-order valence-electron chi connectivity index (χ1n) is 4.99. The molecule has 1 saturated carbocycles. The zero-order valence-electron chi connectivity index (χ0n) is 7.88. The van der Waals surface area contributed by atoms with Gasteiger partial charge < -0.3 is 5.73 Å². The van der Waals surface area contributed by atoms with E-state index in [0.29, 0.717) is 18.2 Å². The number of rotatable bonds is 4. The molecule has 0 radical (unpaired) electrons. The molecule has 0 aromatic rings. The van der Waals surface area contributed by atoms with E-state index in [1.54, 1.807) is 0 Å². The monoisotopic (exact) mass is 169 g/mol. The van der Waals surface area contributed by atoms with Crippen LogP contribution in [0.2, 0.25) is 0 Å². The fourth-order valence-electron chi connectivity index (χ4n) is 2.00. The van der Waals surface area contributed by atoms with Gasteiger partial charge in [-0.15, -0.1) is 0 Å². The van der Waals surface area contributed by atoms with Crippen molar-refractivity contribution in [3.63, 3.8) is 0 Å². The van der Waals surface area contributed by atoms with E-state index < -0.39 is 0 Å². The zero-order chi connectivity index (χ0) is 8.97. The summed E-state index contributed by atoms with van der Waals surface area (Å²) in [5, 5.41) is 0. The Morgan fingerprint density at radius 2 is 2.08 bits per heavy atom. The lowest BCUT2D eigenvalue weighted by atomic mass is 9.91. The zero-order valence-corrected chi connectivity index (χ0v) is 7.88. The second-order valence-corrected chi connectivity index (χ2v) is 3.86. The van der Waals surface area contributed by atoms with Crippen molar-refractivity contribution in [2.24, 2.45) is 17.6 Å². The Labute approximate surface area is 74.5 Å². The van der Waals surface area contributed by atoms with Crippen LogP contribution in [0.3, 0.4) is 0 Å². The van der Waals surface area contributed by atoms with Gasteiger partial charge in [-0.05, 0) is 25.8 Å². The van der Waals surface area contributed by atoms with E-state index in [4.69, 9.17) is 5.73 Å². The summed E-state index contributed by atoms with van der Waals surface area (Å²) >= 11 is 0. The molecule has 2 N–H and O–H groups in total. The van der Waals surface area contributed by atoms with Gasteiger partial charge in [-0.25, -0.2) is 0 Å². The molecule has 0 aromatic heterocycles. The predicted molar refractivity (Wildman–Crippen MR) is 49.8 cm³/mol. The molecule has 1 aliphatic rings. The van der Waals surface area contributed by atoms with Crippen LogP contribution in [0.1, 0.15) is 39.0 Å². The van der Waals surface area contributed by atoms with Crippen molar-refractivity contribution in [3.8, 4) is 0 Å². The maximum Gasteiger partial charge on any atom is 0.138 e. The van der Waals surface area contributed by atoms with Gasteiger partial charge >= 0.3 is 0 Å². The van der Waals surface area contributed by atoms with Gasteiger partial charge in [-0.1, -0.05) is 19.8 Å². The second-order valence-electron chi connectivity index (χ2n) is 3.86. The van der Waals surface area contributed by atoms with Gasteiger partial charge in [-0.2, -0.15) is 0 Å². The van der Waals surface area contributed by atoms with Gasteiger partial charge in [0.2, 0.25) is 0 Å². The van der Waals surface area contributed by atoms with E-state index in [1.165, 1.54) is 12.8 Å². The second kappa shape index (κ2) is 4.61. The first-order chi connectivity index (χ1) is 5.75. The Morgan fingerprint density at radius 1 is 1.50 bits per heavy atom. The van der Waals surface area contributed by atoms with Crippen LogP contribution in [0.15, 0.2) is 0 Å². The number of carbonyl (C=O) groups excluding carboxylic acids is 1. The minimum Gasteiger partial charge on any atom is -0.330 e. The van der Waals surface area contributed by atoms with Gasteiger partial charge in [0, 0.05) is 11.8 Å². The van der Waals surface area contributed by atoms with E-state index in [-0.39, 0.29) is 5.92 Å². The van der Waals surface area contributed by atoms with Crippen LogP contribution >= 0.6 is 0 Å². The highest BCUT2D eigenvalue weighted by atomic mass is 16.1. The number of Topliss-reactive ketones (excluding diaryl/α,β-unsaturated/α-hetero) is 1. The van der Waals surface area contributed by atoms with Crippen LogP contribution in [0.5, 0.6) is 0 Å². The third kappa shape index (κ3) is 2.31. The minimum absolute atomic E-state index is 0.193. The highest BCUT2D eigenvalue weighted by Crippen LogP contribution is 2.28. The van der Waals surface area contributed by atoms with Crippen LogP contribution in [0, 0.1) is 11.8 Å². The van der Waals surface area contributed by atoms with Crippen LogP contribution in [-0.4, -0.2) is 12.3 Å². The predicted octanol–water partition coefficient (Wildman–Crippen LogP) is 1.73. The van der Waals surface area contributed by atoms with Crippen LogP contribution in [-0.2, 0) is 4.79 Å². The van der Waals surface area contributed by atoms with Gasteiger partial charge in [-0.3, -0.25) is 4.79 Å². The van der Waals surface area contributed by atoms with Crippen LogP contribution in [0.4, 0.5) is 0 Å². The van der Waals surface area contributed by atoms with Crippen molar-refractivity contribution in [1.29, 1.82) is 0 Å². The number of carbonyl (C=O) groups is 1. The Balaban J connectivity index is 2.34. The lowest BCUT2D eigenvalue weighted by molar-refractivity contribution is -0.126. The van der Waals surface area contributed by atoms with Gasteiger partial charge in [0.05, 0.1) is 0 Å². The molecule has 1 atom stereocenters. The van der Waals surface area contributed by atoms with Gasteiger partial charge in [0.15, 0.2) is 0 Å². The molecule has 0 aliphatic heterocycles. The van der Waals surface area contributed by atoms with E-state index in [2.05, 4.69) is 0 Å². The van der Waals surface area contributed by atoms with E-state index in [0.717, 1.165) is 19.3 Å². The number of hydrogen-bond acceptors (Lipinski definition) is 2. The molecule has 0 saturated heterocycles. The molecule has 70 valence electrons. The molecule has 1 rings (SSSR count). The Bertz CT molecular complexity index is 150.